The molecule has 0 aromatic heterocycles. The summed E-state index contributed by atoms with van der Waals surface area (Å²) in [6.07, 6.45) is 3.87. The fourth-order valence-corrected chi connectivity index (χ4v) is 3.96. The molecule has 4 saturated carbocycles. The first-order chi connectivity index (χ1) is 4.95. The van der Waals surface area contributed by atoms with E-state index in [-0.39, 0.29) is 0 Å². The van der Waals surface area contributed by atoms with Crippen LogP contribution >= 0.6 is 0 Å². The van der Waals surface area contributed by atoms with Gasteiger partial charge in [0, 0.05) is 0 Å². The Kier molecular flexibility index (Phi) is 0.560. The van der Waals surface area contributed by atoms with Crippen LogP contribution in [0.1, 0.15) is 12.8 Å². The van der Waals surface area contributed by atoms with E-state index in [2.05, 4.69) is 0 Å². The maximum Gasteiger partial charge on any atom is 0.0843 e. The molecular weight excluding hydrogens is 124 g/mol. The van der Waals surface area contributed by atoms with Gasteiger partial charge < -0.3 is 4.74 Å². The molecule has 0 amide bonds. The Balaban J connectivity index is 1.75. The molecule has 54 valence electrons. The van der Waals surface area contributed by atoms with E-state index in [4.69, 9.17) is 4.74 Å². The lowest BCUT2D eigenvalue weighted by Gasteiger charge is -2.09. The van der Waals surface area contributed by atoms with Crippen LogP contribution in [0.15, 0.2) is 0 Å². The van der Waals surface area contributed by atoms with Crippen LogP contribution in [0.2, 0.25) is 0 Å². The summed E-state index contributed by atoms with van der Waals surface area (Å²) in [6.45, 7) is 1.09. The molecule has 5 aliphatic rings. The van der Waals surface area contributed by atoms with Crippen molar-refractivity contribution in [1.29, 1.82) is 0 Å². The third-order valence-corrected chi connectivity index (χ3v) is 4.32. The minimum Gasteiger partial charge on any atom is -0.373 e. The normalized spacial score (nSPS) is 74.4. The third kappa shape index (κ3) is 0.355. The van der Waals surface area contributed by atoms with Crippen LogP contribution in [-0.2, 0) is 4.74 Å². The molecule has 1 aliphatic heterocycles. The zero-order valence-corrected chi connectivity index (χ0v) is 5.99. The zero-order valence-electron chi connectivity index (χ0n) is 5.99. The summed E-state index contributed by atoms with van der Waals surface area (Å²) in [4.78, 5) is 0. The minimum absolute atomic E-state index is 0.729. The average Bonchev–Trinajstić information content (AvgIpc) is 2.78. The Morgan fingerprint density at radius 2 is 1.70 bits per heavy atom. The Morgan fingerprint density at radius 1 is 1.00 bits per heavy atom. The van der Waals surface area contributed by atoms with Gasteiger partial charge in [-0.15, -0.1) is 0 Å². The van der Waals surface area contributed by atoms with E-state index in [0.717, 1.165) is 30.5 Å². The van der Waals surface area contributed by atoms with Crippen LogP contribution < -0.4 is 0 Å². The first kappa shape index (κ1) is 4.76. The summed E-state index contributed by atoms with van der Waals surface area (Å²) in [6, 6.07) is 0. The average molecular weight is 136 g/mol. The summed E-state index contributed by atoms with van der Waals surface area (Å²) in [5.41, 5.74) is 0. The molecule has 10 heavy (non-hydrogen) atoms. The Morgan fingerprint density at radius 3 is 2.10 bits per heavy atom. The summed E-state index contributed by atoms with van der Waals surface area (Å²) in [5, 5.41) is 0. The van der Waals surface area contributed by atoms with Gasteiger partial charge in [-0.2, -0.15) is 0 Å². The topological polar surface area (TPSA) is 12.5 Å². The molecule has 5 fully saturated rings. The molecule has 0 spiro atoms. The van der Waals surface area contributed by atoms with Crippen molar-refractivity contribution in [3.8, 4) is 0 Å². The van der Waals surface area contributed by atoms with Gasteiger partial charge in [0.15, 0.2) is 0 Å². The fourth-order valence-electron chi connectivity index (χ4n) is 3.96. The minimum atomic E-state index is 0.729. The lowest BCUT2D eigenvalue weighted by molar-refractivity contribution is 0.284. The molecule has 5 rings (SSSR count). The lowest BCUT2D eigenvalue weighted by atomic mass is 9.95. The van der Waals surface area contributed by atoms with E-state index in [0.29, 0.717) is 0 Å². The van der Waals surface area contributed by atoms with Crippen LogP contribution in [0.5, 0.6) is 0 Å². The third-order valence-electron chi connectivity index (χ3n) is 4.32. The molecule has 4 aliphatic carbocycles. The van der Waals surface area contributed by atoms with Crippen LogP contribution in [0.25, 0.3) is 0 Å². The predicted molar refractivity (Wildman–Crippen MR) is 36.4 cm³/mol. The van der Waals surface area contributed by atoms with Crippen molar-refractivity contribution < 1.29 is 4.74 Å². The maximum absolute atomic E-state index is 5.39. The molecule has 4 atom stereocenters. The van der Waals surface area contributed by atoms with Gasteiger partial charge in [0.1, 0.15) is 0 Å². The van der Waals surface area contributed by atoms with E-state index in [9.17, 15) is 0 Å². The van der Waals surface area contributed by atoms with E-state index in [1.165, 1.54) is 11.8 Å². The van der Waals surface area contributed by atoms with Crippen molar-refractivity contribution in [1.82, 2.24) is 0 Å². The molecule has 0 N–H and O–H groups in total. The fraction of sp³-hybridized carbons (Fsp3) is 1.00. The van der Waals surface area contributed by atoms with E-state index < -0.39 is 0 Å². The summed E-state index contributed by atoms with van der Waals surface area (Å²) >= 11 is 0. The molecule has 1 nitrogen and oxygen atoms in total. The van der Waals surface area contributed by atoms with Crippen LogP contribution in [0.4, 0.5) is 0 Å². The highest BCUT2D eigenvalue weighted by atomic mass is 16.6. The number of epoxide rings is 1. The Labute approximate surface area is 60.7 Å². The maximum atomic E-state index is 5.39. The van der Waals surface area contributed by atoms with Crippen LogP contribution in [0.3, 0.4) is 0 Å². The molecule has 1 heterocycles. The second-order valence-corrected chi connectivity index (χ2v) is 4.59. The largest absolute Gasteiger partial charge is 0.373 e. The molecule has 0 radical (unpaired) electrons. The van der Waals surface area contributed by atoms with Crippen molar-refractivity contribution in [2.24, 2.45) is 29.6 Å². The molecule has 1 heteroatoms. The van der Waals surface area contributed by atoms with Gasteiger partial charge in [0.25, 0.3) is 0 Å². The molecule has 4 unspecified atom stereocenters. The molecule has 0 aromatic carbocycles. The zero-order chi connectivity index (χ0) is 6.29. The van der Waals surface area contributed by atoms with E-state index >= 15 is 0 Å². The second kappa shape index (κ2) is 1.18. The smallest absolute Gasteiger partial charge is 0.0843 e. The Bertz CT molecular complexity index is 183. The number of ether oxygens (including phenoxy) is 1. The monoisotopic (exact) mass is 136 g/mol. The molecule has 0 aromatic rings. The first-order valence-corrected chi connectivity index (χ1v) is 4.57. The summed E-state index contributed by atoms with van der Waals surface area (Å²) < 4.78 is 5.39. The SMILES string of the molecule is C1OC1C1C2CC3C(C2)C31. The van der Waals surface area contributed by atoms with Crippen molar-refractivity contribution >= 4 is 0 Å². The Hall–Kier alpha value is -0.0400. The summed E-state index contributed by atoms with van der Waals surface area (Å²) in [7, 11) is 0. The highest BCUT2D eigenvalue weighted by Crippen LogP contribution is 2.74. The quantitative estimate of drug-likeness (QED) is 0.495. The van der Waals surface area contributed by atoms with Crippen molar-refractivity contribution in [3.05, 3.63) is 0 Å². The molecule has 4 bridgehead atoms. The van der Waals surface area contributed by atoms with Crippen LogP contribution in [-0.4, -0.2) is 12.7 Å². The lowest BCUT2D eigenvalue weighted by Crippen LogP contribution is -2.11. The van der Waals surface area contributed by atoms with Crippen LogP contribution in [0, 0.1) is 29.6 Å². The highest BCUT2D eigenvalue weighted by molar-refractivity contribution is 5.18. The number of rotatable bonds is 1. The van der Waals surface area contributed by atoms with E-state index in [1.54, 1.807) is 12.8 Å². The van der Waals surface area contributed by atoms with Gasteiger partial charge in [-0.3, -0.25) is 0 Å². The molecular formula is C9H12O. The van der Waals surface area contributed by atoms with Crippen molar-refractivity contribution in [2.45, 2.75) is 18.9 Å². The van der Waals surface area contributed by atoms with E-state index in [1.807, 2.05) is 0 Å². The second-order valence-electron chi connectivity index (χ2n) is 4.59. The first-order valence-electron chi connectivity index (χ1n) is 4.57. The number of hydrogen-bond donors (Lipinski definition) is 0. The number of hydrogen-bond acceptors (Lipinski definition) is 1. The predicted octanol–water partition coefficient (Wildman–Crippen LogP) is 1.29. The highest BCUT2D eigenvalue weighted by Gasteiger charge is 2.71. The van der Waals surface area contributed by atoms with Gasteiger partial charge in [0.2, 0.25) is 0 Å². The summed E-state index contributed by atoms with van der Waals surface area (Å²) in [5.74, 6) is 5.65. The van der Waals surface area contributed by atoms with Gasteiger partial charge in [-0.1, -0.05) is 0 Å². The van der Waals surface area contributed by atoms with Crippen molar-refractivity contribution in [3.63, 3.8) is 0 Å². The molecule has 1 saturated heterocycles. The van der Waals surface area contributed by atoms with Gasteiger partial charge in [-0.05, 0) is 42.4 Å². The van der Waals surface area contributed by atoms with Gasteiger partial charge >= 0.3 is 0 Å². The van der Waals surface area contributed by atoms with Gasteiger partial charge in [0.05, 0.1) is 12.7 Å². The van der Waals surface area contributed by atoms with Crippen molar-refractivity contribution in [2.75, 3.05) is 6.61 Å². The van der Waals surface area contributed by atoms with Gasteiger partial charge in [-0.25, -0.2) is 0 Å². The standard InChI is InChI=1S/C9H12O/c1-4-2-6-5(1)9(6)8(4)7-3-10-7/h4-9H,1-3H2.